The van der Waals surface area contributed by atoms with E-state index in [0.717, 1.165) is 12.1 Å². The van der Waals surface area contributed by atoms with E-state index in [9.17, 15) is 24.3 Å². The van der Waals surface area contributed by atoms with Gasteiger partial charge in [0.05, 0.1) is 23.5 Å². The van der Waals surface area contributed by atoms with Gasteiger partial charge in [0.1, 0.15) is 11.6 Å². The molecule has 10 heteroatoms. The highest BCUT2D eigenvalue weighted by Crippen LogP contribution is 2.35. The molecule has 2 fully saturated rings. The van der Waals surface area contributed by atoms with Crippen LogP contribution in [0.1, 0.15) is 63.4 Å². The molecule has 4 heterocycles. The van der Waals surface area contributed by atoms with Gasteiger partial charge in [0.15, 0.2) is 0 Å². The van der Waals surface area contributed by atoms with Gasteiger partial charge in [-0.25, -0.2) is 0 Å². The molecule has 37 heavy (non-hydrogen) atoms. The molecule has 0 saturated carbocycles. The molecular weight excluding hydrogens is 474 g/mol. The molecule has 2 N–H and O–H groups in total. The molecule has 1 atom stereocenters. The molecule has 10 nitrogen and oxygen atoms in total. The fourth-order valence-corrected chi connectivity index (χ4v) is 5.30. The van der Waals surface area contributed by atoms with Gasteiger partial charge in [-0.1, -0.05) is 12.1 Å². The zero-order valence-electron chi connectivity index (χ0n) is 21.1. The van der Waals surface area contributed by atoms with Crippen molar-refractivity contribution in [1.29, 1.82) is 0 Å². The molecule has 0 radical (unpaired) electrons. The number of imide groups is 1. The van der Waals surface area contributed by atoms with Crippen molar-refractivity contribution in [2.24, 2.45) is 0 Å². The van der Waals surface area contributed by atoms with E-state index in [4.69, 9.17) is 0 Å². The highest BCUT2D eigenvalue weighted by Gasteiger charge is 2.41. The number of nitrogens with zero attached hydrogens (tertiary/aromatic N) is 4. The Balaban J connectivity index is 1.22. The maximum atomic E-state index is 12.9. The number of fused-ring (bicyclic) bond motifs is 1. The lowest BCUT2D eigenvalue weighted by atomic mass is 9.87. The summed E-state index contributed by atoms with van der Waals surface area (Å²) >= 11 is 0. The highest BCUT2D eigenvalue weighted by atomic mass is 16.3. The fourth-order valence-electron chi connectivity index (χ4n) is 5.30. The van der Waals surface area contributed by atoms with Crippen LogP contribution in [0.15, 0.2) is 36.4 Å². The highest BCUT2D eigenvalue weighted by molar-refractivity contribution is 6.05. The number of pyridine rings is 1. The van der Waals surface area contributed by atoms with Crippen LogP contribution in [-0.4, -0.2) is 81.6 Å². The molecule has 5 rings (SSSR count). The predicted molar refractivity (Wildman–Crippen MR) is 133 cm³/mol. The van der Waals surface area contributed by atoms with Gasteiger partial charge in [0, 0.05) is 45.7 Å². The van der Waals surface area contributed by atoms with Gasteiger partial charge in [0.25, 0.3) is 11.8 Å². The number of aliphatic hydroxyl groups is 1. The third-order valence-corrected chi connectivity index (χ3v) is 7.55. The van der Waals surface area contributed by atoms with E-state index in [-0.39, 0.29) is 30.7 Å². The number of amides is 4. The van der Waals surface area contributed by atoms with Crippen LogP contribution >= 0.6 is 0 Å². The Morgan fingerprint density at radius 3 is 2.46 bits per heavy atom. The minimum Gasteiger partial charge on any atom is -0.383 e. The standard InChI is InChI=1S/C27H31N5O5/c1-30(2)25(35)18-5-3-17(4-6-18)15-31-13-11-27(37,12-14-31)22-9-7-19-20(28-22)16-32(26(19)36)21-8-10-23(33)29-24(21)34/h3-7,9,21,37H,8,10-16H2,1-2H3,(H,29,33,34). The maximum Gasteiger partial charge on any atom is 0.256 e. The number of rotatable bonds is 5. The Kier molecular flexibility index (Phi) is 6.55. The van der Waals surface area contributed by atoms with Crippen molar-refractivity contribution in [3.8, 4) is 0 Å². The van der Waals surface area contributed by atoms with Gasteiger partial charge < -0.3 is 14.9 Å². The molecule has 194 valence electrons. The molecule has 4 amide bonds. The number of likely N-dealkylation sites (tertiary alicyclic amines) is 1. The van der Waals surface area contributed by atoms with E-state index >= 15 is 0 Å². The first-order valence-corrected chi connectivity index (χ1v) is 12.5. The third kappa shape index (κ3) is 4.86. The van der Waals surface area contributed by atoms with Crippen LogP contribution < -0.4 is 5.32 Å². The first-order chi connectivity index (χ1) is 17.6. The van der Waals surface area contributed by atoms with Gasteiger partial charge in [-0.05, 0) is 49.1 Å². The molecule has 1 unspecified atom stereocenters. The predicted octanol–water partition coefficient (Wildman–Crippen LogP) is 1.03. The van der Waals surface area contributed by atoms with Crippen LogP contribution in [0, 0.1) is 0 Å². The Morgan fingerprint density at radius 1 is 1.11 bits per heavy atom. The average Bonchev–Trinajstić information content (AvgIpc) is 3.21. The Hall–Kier alpha value is -3.63. The van der Waals surface area contributed by atoms with Crippen molar-refractivity contribution in [2.75, 3.05) is 27.2 Å². The summed E-state index contributed by atoms with van der Waals surface area (Å²) in [7, 11) is 3.46. The summed E-state index contributed by atoms with van der Waals surface area (Å²) in [4.78, 5) is 58.7. The second kappa shape index (κ2) is 9.68. The van der Waals surface area contributed by atoms with Crippen molar-refractivity contribution >= 4 is 23.6 Å². The zero-order valence-corrected chi connectivity index (χ0v) is 21.1. The number of nitrogens with one attached hydrogen (secondary N) is 1. The van der Waals surface area contributed by atoms with Crippen molar-refractivity contribution in [3.63, 3.8) is 0 Å². The minimum atomic E-state index is -1.10. The Morgan fingerprint density at radius 2 is 1.81 bits per heavy atom. The van der Waals surface area contributed by atoms with Crippen molar-refractivity contribution in [2.45, 2.75) is 50.4 Å². The molecule has 3 aliphatic rings. The van der Waals surface area contributed by atoms with Gasteiger partial charge in [-0.3, -0.25) is 34.4 Å². The number of benzene rings is 1. The summed E-state index contributed by atoms with van der Waals surface area (Å²) in [6, 6.07) is 10.3. The topological polar surface area (TPSA) is 123 Å². The SMILES string of the molecule is CN(C)C(=O)c1ccc(CN2CCC(O)(c3ccc4c(n3)CN(C3CCC(=O)NC3=O)C4=O)CC2)cc1. The van der Waals surface area contributed by atoms with Crippen molar-refractivity contribution in [3.05, 3.63) is 64.5 Å². The minimum absolute atomic E-state index is 0.0293. The number of piperidine rings is 2. The Labute approximate surface area is 215 Å². The summed E-state index contributed by atoms with van der Waals surface area (Å²) in [5.41, 5.74) is 2.18. The van der Waals surface area contributed by atoms with Crippen LogP contribution in [-0.2, 0) is 28.3 Å². The van der Waals surface area contributed by atoms with Gasteiger partial charge in [0.2, 0.25) is 11.8 Å². The first-order valence-electron chi connectivity index (χ1n) is 12.5. The molecule has 2 aromatic rings. The Bertz CT molecular complexity index is 1250. The maximum absolute atomic E-state index is 12.9. The molecule has 0 aliphatic carbocycles. The van der Waals surface area contributed by atoms with E-state index in [1.165, 1.54) is 4.90 Å². The van der Waals surface area contributed by atoms with Gasteiger partial charge in [-0.2, -0.15) is 0 Å². The third-order valence-electron chi connectivity index (χ3n) is 7.55. The second-order valence-corrected chi connectivity index (χ2v) is 10.3. The zero-order chi connectivity index (χ0) is 26.3. The van der Waals surface area contributed by atoms with Crippen LogP contribution in [0.2, 0.25) is 0 Å². The van der Waals surface area contributed by atoms with E-state index < -0.39 is 17.6 Å². The van der Waals surface area contributed by atoms with E-state index in [1.54, 1.807) is 31.1 Å². The normalized spacial score (nSPS) is 21.5. The van der Waals surface area contributed by atoms with Crippen molar-refractivity contribution in [1.82, 2.24) is 25.0 Å². The summed E-state index contributed by atoms with van der Waals surface area (Å²) in [5, 5.41) is 13.7. The summed E-state index contributed by atoms with van der Waals surface area (Å²) < 4.78 is 0. The first kappa shape index (κ1) is 25.0. The fraction of sp³-hybridized carbons (Fsp3) is 0.444. The number of carbonyl (C=O) groups is 4. The number of aromatic nitrogens is 1. The quantitative estimate of drug-likeness (QED) is 0.582. The molecule has 0 bridgehead atoms. The summed E-state index contributed by atoms with van der Waals surface area (Å²) in [6.07, 6.45) is 1.50. The van der Waals surface area contributed by atoms with Crippen LogP contribution in [0.4, 0.5) is 0 Å². The monoisotopic (exact) mass is 505 g/mol. The van der Waals surface area contributed by atoms with E-state index in [0.29, 0.717) is 54.9 Å². The smallest absolute Gasteiger partial charge is 0.256 e. The van der Waals surface area contributed by atoms with Crippen LogP contribution in [0.5, 0.6) is 0 Å². The number of carbonyl (C=O) groups excluding carboxylic acids is 4. The number of hydrogen-bond acceptors (Lipinski definition) is 7. The summed E-state index contributed by atoms with van der Waals surface area (Å²) in [6.45, 7) is 2.26. The van der Waals surface area contributed by atoms with Crippen LogP contribution in [0.3, 0.4) is 0 Å². The lowest BCUT2D eigenvalue weighted by Crippen LogP contribution is -2.52. The lowest BCUT2D eigenvalue weighted by molar-refractivity contribution is -0.136. The van der Waals surface area contributed by atoms with E-state index in [2.05, 4.69) is 15.2 Å². The van der Waals surface area contributed by atoms with Gasteiger partial charge >= 0.3 is 0 Å². The molecule has 0 spiro atoms. The molecular formula is C27H31N5O5. The van der Waals surface area contributed by atoms with Crippen LogP contribution in [0.25, 0.3) is 0 Å². The largest absolute Gasteiger partial charge is 0.383 e. The molecule has 1 aromatic carbocycles. The average molecular weight is 506 g/mol. The van der Waals surface area contributed by atoms with E-state index in [1.807, 2.05) is 24.3 Å². The van der Waals surface area contributed by atoms with Crippen molar-refractivity contribution < 1.29 is 24.3 Å². The molecule has 3 aliphatic heterocycles. The van der Waals surface area contributed by atoms with Gasteiger partial charge in [-0.15, -0.1) is 0 Å². The molecule has 1 aromatic heterocycles. The lowest BCUT2D eigenvalue weighted by Gasteiger charge is -2.38. The number of hydrogen-bond donors (Lipinski definition) is 2. The second-order valence-electron chi connectivity index (χ2n) is 10.3. The molecule has 2 saturated heterocycles. The summed E-state index contributed by atoms with van der Waals surface area (Å²) in [5.74, 6) is -1.08.